The van der Waals surface area contributed by atoms with Gasteiger partial charge in [-0.3, -0.25) is 0 Å². The van der Waals surface area contributed by atoms with E-state index in [4.69, 9.17) is 11.6 Å². The SMILES string of the molecule is Clc1cccc(C#CC2=CC[C@H]3CNCCN23)c1. The van der Waals surface area contributed by atoms with Gasteiger partial charge in [-0.15, -0.1) is 0 Å². The summed E-state index contributed by atoms with van der Waals surface area (Å²) in [5.74, 6) is 6.47. The maximum Gasteiger partial charge on any atom is 0.0846 e. The van der Waals surface area contributed by atoms with Gasteiger partial charge in [-0.1, -0.05) is 29.7 Å². The number of halogens is 1. The largest absolute Gasteiger partial charge is 0.359 e. The molecule has 92 valence electrons. The lowest BCUT2D eigenvalue weighted by molar-refractivity contribution is 0.239. The molecule has 0 aliphatic carbocycles. The van der Waals surface area contributed by atoms with Crippen molar-refractivity contribution in [2.24, 2.45) is 0 Å². The van der Waals surface area contributed by atoms with E-state index in [-0.39, 0.29) is 0 Å². The molecule has 0 amide bonds. The number of benzene rings is 1. The zero-order valence-corrected chi connectivity index (χ0v) is 10.9. The molecular formula is C15H15ClN2. The Hall–Kier alpha value is -1.43. The van der Waals surface area contributed by atoms with Crippen LogP contribution in [0.2, 0.25) is 5.02 Å². The van der Waals surface area contributed by atoms with E-state index >= 15 is 0 Å². The van der Waals surface area contributed by atoms with Crippen LogP contribution in [0.25, 0.3) is 0 Å². The van der Waals surface area contributed by atoms with Gasteiger partial charge >= 0.3 is 0 Å². The average Bonchev–Trinajstić information content (AvgIpc) is 2.80. The van der Waals surface area contributed by atoms with Gasteiger partial charge in [0.15, 0.2) is 0 Å². The van der Waals surface area contributed by atoms with Crippen LogP contribution in [0, 0.1) is 11.8 Å². The van der Waals surface area contributed by atoms with Gasteiger partial charge in [-0.2, -0.15) is 0 Å². The Labute approximate surface area is 113 Å². The zero-order chi connectivity index (χ0) is 12.4. The molecule has 0 bridgehead atoms. The number of piperazine rings is 1. The fourth-order valence-electron chi connectivity index (χ4n) is 2.48. The van der Waals surface area contributed by atoms with Gasteiger partial charge in [0.25, 0.3) is 0 Å². The van der Waals surface area contributed by atoms with Crippen LogP contribution >= 0.6 is 11.6 Å². The predicted octanol–water partition coefficient (Wildman–Crippen LogP) is 2.25. The van der Waals surface area contributed by atoms with Crippen LogP contribution < -0.4 is 5.32 Å². The lowest BCUT2D eigenvalue weighted by Crippen LogP contribution is -2.47. The summed E-state index contributed by atoms with van der Waals surface area (Å²) in [6, 6.07) is 8.29. The van der Waals surface area contributed by atoms with Crippen molar-refractivity contribution in [2.75, 3.05) is 19.6 Å². The van der Waals surface area contributed by atoms with Crippen LogP contribution in [0.15, 0.2) is 36.0 Å². The summed E-state index contributed by atoms with van der Waals surface area (Å²) in [6.07, 6.45) is 3.35. The Bertz CT molecular complexity index is 539. The number of allylic oxidation sites excluding steroid dienone is 1. The van der Waals surface area contributed by atoms with Gasteiger partial charge in [-0.25, -0.2) is 0 Å². The second-order valence-corrected chi connectivity index (χ2v) is 5.07. The maximum atomic E-state index is 5.95. The molecule has 2 aliphatic heterocycles. The number of hydrogen-bond acceptors (Lipinski definition) is 2. The summed E-state index contributed by atoms with van der Waals surface area (Å²) in [5.41, 5.74) is 2.14. The Balaban J connectivity index is 1.77. The van der Waals surface area contributed by atoms with Crippen molar-refractivity contribution < 1.29 is 0 Å². The molecule has 2 nitrogen and oxygen atoms in total. The summed E-state index contributed by atoms with van der Waals surface area (Å²) in [4.78, 5) is 2.41. The minimum atomic E-state index is 0.599. The van der Waals surface area contributed by atoms with Gasteiger partial charge in [0, 0.05) is 36.3 Å². The Kier molecular flexibility index (Phi) is 3.27. The van der Waals surface area contributed by atoms with E-state index < -0.39 is 0 Å². The van der Waals surface area contributed by atoms with Crippen LogP contribution in [-0.2, 0) is 0 Å². The molecule has 3 heteroatoms. The molecular weight excluding hydrogens is 244 g/mol. The molecule has 18 heavy (non-hydrogen) atoms. The van der Waals surface area contributed by atoms with Gasteiger partial charge in [0.1, 0.15) is 0 Å². The number of rotatable bonds is 0. The van der Waals surface area contributed by atoms with Gasteiger partial charge in [-0.05, 0) is 30.5 Å². The van der Waals surface area contributed by atoms with E-state index in [2.05, 4.69) is 28.1 Å². The number of nitrogens with one attached hydrogen (secondary N) is 1. The highest BCUT2D eigenvalue weighted by Gasteiger charge is 2.26. The van der Waals surface area contributed by atoms with Gasteiger partial charge < -0.3 is 10.2 Å². The van der Waals surface area contributed by atoms with Crippen molar-refractivity contribution in [1.29, 1.82) is 0 Å². The van der Waals surface area contributed by atoms with Crippen molar-refractivity contribution in [3.63, 3.8) is 0 Å². The molecule has 1 aromatic rings. The first kappa shape index (κ1) is 11.6. The maximum absolute atomic E-state index is 5.95. The third-order valence-corrected chi connectivity index (χ3v) is 3.64. The smallest absolute Gasteiger partial charge is 0.0846 e. The topological polar surface area (TPSA) is 15.3 Å². The summed E-state index contributed by atoms with van der Waals surface area (Å²) in [7, 11) is 0. The van der Waals surface area contributed by atoms with Crippen LogP contribution in [0.3, 0.4) is 0 Å². The Morgan fingerprint density at radius 3 is 3.17 bits per heavy atom. The first-order chi connectivity index (χ1) is 8.83. The molecule has 1 fully saturated rings. The number of hydrogen-bond donors (Lipinski definition) is 1. The molecule has 3 rings (SSSR count). The quantitative estimate of drug-likeness (QED) is 0.718. The fourth-order valence-corrected chi connectivity index (χ4v) is 2.67. The number of fused-ring (bicyclic) bond motifs is 1. The first-order valence-electron chi connectivity index (χ1n) is 6.28. The van der Waals surface area contributed by atoms with Crippen LogP contribution in [0.4, 0.5) is 0 Å². The summed E-state index contributed by atoms with van der Waals surface area (Å²) in [5, 5.41) is 4.16. The third-order valence-electron chi connectivity index (χ3n) is 3.40. The van der Waals surface area contributed by atoms with Crippen LogP contribution in [-0.4, -0.2) is 30.6 Å². The third kappa shape index (κ3) is 2.38. The lowest BCUT2D eigenvalue weighted by atomic mass is 10.2. The second-order valence-electron chi connectivity index (χ2n) is 4.64. The summed E-state index contributed by atoms with van der Waals surface area (Å²) >= 11 is 5.95. The molecule has 1 saturated heterocycles. The fraction of sp³-hybridized carbons (Fsp3) is 0.333. The predicted molar refractivity (Wildman–Crippen MR) is 74.4 cm³/mol. The molecule has 0 aromatic heterocycles. The van der Waals surface area contributed by atoms with Crippen LogP contribution in [0.5, 0.6) is 0 Å². The lowest BCUT2D eigenvalue weighted by Gasteiger charge is -2.32. The molecule has 1 atom stereocenters. The van der Waals surface area contributed by atoms with E-state index in [0.717, 1.165) is 36.6 Å². The Morgan fingerprint density at radius 1 is 1.33 bits per heavy atom. The second kappa shape index (κ2) is 5.06. The van der Waals surface area contributed by atoms with Crippen molar-refractivity contribution in [2.45, 2.75) is 12.5 Å². The van der Waals surface area contributed by atoms with Crippen molar-refractivity contribution in [3.8, 4) is 11.8 Å². The molecule has 1 aromatic carbocycles. The molecule has 1 N–H and O–H groups in total. The highest BCUT2D eigenvalue weighted by molar-refractivity contribution is 6.30. The minimum Gasteiger partial charge on any atom is -0.359 e. The molecule has 2 aliphatic rings. The van der Waals surface area contributed by atoms with Crippen molar-refractivity contribution in [1.82, 2.24) is 10.2 Å². The highest BCUT2D eigenvalue weighted by Crippen LogP contribution is 2.22. The van der Waals surface area contributed by atoms with E-state index in [1.807, 2.05) is 24.3 Å². The molecule has 0 unspecified atom stereocenters. The molecule has 0 radical (unpaired) electrons. The summed E-state index contributed by atoms with van der Waals surface area (Å²) < 4.78 is 0. The molecule has 0 spiro atoms. The molecule has 0 saturated carbocycles. The van der Waals surface area contributed by atoms with Gasteiger partial charge in [0.05, 0.1) is 5.70 Å². The standard InChI is InChI=1S/C15H15ClN2/c16-13-3-1-2-12(10-13)4-5-14-6-7-15-11-17-8-9-18(14)15/h1-3,6,10,15,17H,7-9,11H2/t15-/m0/s1. The van der Waals surface area contributed by atoms with E-state index in [0.29, 0.717) is 6.04 Å². The highest BCUT2D eigenvalue weighted by atomic mass is 35.5. The number of nitrogens with zero attached hydrogens (tertiary/aromatic N) is 1. The Morgan fingerprint density at radius 2 is 2.28 bits per heavy atom. The van der Waals surface area contributed by atoms with Crippen molar-refractivity contribution >= 4 is 11.6 Å². The van der Waals surface area contributed by atoms with E-state index in [1.54, 1.807) is 0 Å². The van der Waals surface area contributed by atoms with Crippen molar-refractivity contribution in [3.05, 3.63) is 46.6 Å². The van der Waals surface area contributed by atoms with Gasteiger partial charge in [0.2, 0.25) is 0 Å². The molecule has 2 heterocycles. The normalized spacial score (nSPS) is 21.9. The van der Waals surface area contributed by atoms with E-state index in [1.165, 1.54) is 5.70 Å². The monoisotopic (exact) mass is 258 g/mol. The first-order valence-corrected chi connectivity index (χ1v) is 6.66. The van der Waals surface area contributed by atoms with E-state index in [9.17, 15) is 0 Å². The average molecular weight is 259 g/mol. The van der Waals surface area contributed by atoms with Crippen LogP contribution in [0.1, 0.15) is 12.0 Å². The summed E-state index contributed by atoms with van der Waals surface area (Å²) in [6.45, 7) is 3.17. The minimum absolute atomic E-state index is 0.599. The zero-order valence-electron chi connectivity index (χ0n) is 10.1.